The minimum absolute atomic E-state index is 0.0837. The molecule has 3 heterocycles. The summed E-state index contributed by atoms with van der Waals surface area (Å²) in [6.45, 7) is 8.00. The summed E-state index contributed by atoms with van der Waals surface area (Å²) >= 11 is 2.73. The lowest BCUT2D eigenvalue weighted by Gasteiger charge is -2.33. The lowest BCUT2D eigenvalue weighted by atomic mass is 10.0. The van der Waals surface area contributed by atoms with E-state index in [1.54, 1.807) is 23.1 Å². The lowest BCUT2D eigenvalue weighted by Crippen LogP contribution is -2.50. The molecule has 0 bridgehead atoms. The molecule has 2 amide bonds. The van der Waals surface area contributed by atoms with Gasteiger partial charge in [0.2, 0.25) is 18.6 Å². The van der Waals surface area contributed by atoms with Crippen molar-refractivity contribution in [2.75, 3.05) is 17.9 Å². The third kappa shape index (κ3) is 7.04. The van der Waals surface area contributed by atoms with Crippen molar-refractivity contribution in [2.45, 2.75) is 45.4 Å². The molecule has 0 fully saturated rings. The van der Waals surface area contributed by atoms with Crippen molar-refractivity contribution >= 4 is 40.6 Å². The van der Waals surface area contributed by atoms with Crippen molar-refractivity contribution < 1.29 is 19.1 Å². The number of nitrogens with one attached hydrogen (secondary N) is 1. The van der Waals surface area contributed by atoms with Gasteiger partial charge in [0.05, 0.1) is 18.0 Å². The molecule has 1 aliphatic heterocycles. The van der Waals surface area contributed by atoms with Gasteiger partial charge in [-0.15, -0.1) is 11.3 Å². The van der Waals surface area contributed by atoms with E-state index in [4.69, 9.17) is 14.5 Å². The van der Waals surface area contributed by atoms with Crippen molar-refractivity contribution in [3.8, 4) is 22.8 Å². The van der Waals surface area contributed by atoms with Gasteiger partial charge in [-0.2, -0.15) is 0 Å². The molecule has 0 spiro atoms. The molecule has 0 radical (unpaired) electrons. The number of nitrogens with zero attached hydrogens (tertiary/aromatic N) is 4. The second-order valence-corrected chi connectivity index (χ2v) is 11.9. The van der Waals surface area contributed by atoms with Crippen molar-refractivity contribution in [1.82, 2.24) is 19.9 Å². The Morgan fingerprint density at radius 3 is 2.46 bits per heavy atom. The Labute approximate surface area is 247 Å². The van der Waals surface area contributed by atoms with Crippen LogP contribution in [0.1, 0.15) is 30.2 Å². The number of aromatic nitrogens is 3. The van der Waals surface area contributed by atoms with Crippen LogP contribution in [0.15, 0.2) is 65.1 Å². The zero-order chi connectivity index (χ0) is 28.9. The number of fused-ring (bicyclic) bond motifs is 1. The Morgan fingerprint density at radius 1 is 1.00 bits per heavy atom. The molecule has 0 saturated carbocycles. The molecular formula is C30H31N5O4S2. The number of ether oxygens (including phenoxy) is 2. The zero-order valence-electron chi connectivity index (χ0n) is 23.3. The average Bonchev–Trinajstić information content (AvgIpc) is 3.60. The molecule has 2 aromatic heterocycles. The molecule has 1 atom stereocenters. The van der Waals surface area contributed by atoms with Crippen LogP contribution in [0, 0.1) is 19.8 Å². The molecule has 1 unspecified atom stereocenters. The normalized spacial score (nSPS) is 12.8. The number of benzene rings is 2. The summed E-state index contributed by atoms with van der Waals surface area (Å²) in [6.07, 6.45) is 0. The van der Waals surface area contributed by atoms with Crippen LogP contribution in [0.4, 0.5) is 5.69 Å². The molecular weight excluding hydrogens is 558 g/mol. The summed E-state index contributed by atoms with van der Waals surface area (Å²) in [5, 5.41) is 6.22. The van der Waals surface area contributed by atoms with Gasteiger partial charge < -0.3 is 19.7 Å². The zero-order valence-corrected chi connectivity index (χ0v) is 24.9. The van der Waals surface area contributed by atoms with Gasteiger partial charge in [-0.1, -0.05) is 55.9 Å². The van der Waals surface area contributed by atoms with Gasteiger partial charge in [-0.3, -0.25) is 9.59 Å². The largest absolute Gasteiger partial charge is 0.454 e. The van der Waals surface area contributed by atoms with Gasteiger partial charge in [0.1, 0.15) is 11.0 Å². The maximum Gasteiger partial charge on any atom is 0.247 e. The summed E-state index contributed by atoms with van der Waals surface area (Å²) in [4.78, 5) is 42.9. The van der Waals surface area contributed by atoms with E-state index in [1.165, 1.54) is 23.1 Å². The molecule has 1 N–H and O–H groups in total. The molecule has 4 aromatic rings. The molecule has 5 rings (SSSR count). The third-order valence-corrected chi connectivity index (χ3v) is 8.08. The minimum Gasteiger partial charge on any atom is -0.454 e. The second kappa shape index (κ2) is 12.7. The Balaban J connectivity index is 1.40. The Morgan fingerprint density at radius 2 is 1.73 bits per heavy atom. The van der Waals surface area contributed by atoms with E-state index in [2.05, 4.69) is 15.3 Å². The Bertz CT molecular complexity index is 1520. The average molecular weight is 590 g/mol. The number of hydrogen-bond acceptors (Lipinski definition) is 9. The van der Waals surface area contributed by atoms with Crippen LogP contribution in [-0.4, -0.2) is 50.3 Å². The molecule has 9 nitrogen and oxygen atoms in total. The Hall–Kier alpha value is -3.96. The SMILES string of the molecule is Cc1cc(C)nc(SCC(=O)N(Cc2nc(-c3ccccc3)cs2)C(C(=O)Nc2ccc3c(c2)OCO3)C(C)C)n1. The number of thioether (sulfide) groups is 1. The number of rotatable bonds is 10. The first-order valence-corrected chi connectivity index (χ1v) is 15.1. The lowest BCUT2D eigenvalue weighted by molar-refractivity contribution is -0.138. The van der Waals surface area contributed by atoms with Gasteiger partial charge in [-0.25, -0.2) is 15.0 Å². The highest BCUT2D eigenvalue weighted by Gasteiger charge is 2.34. The van der Waals surface area contributed by atoms with Crippen LogP contribution in [0.3, 0.4) is 0 Å². The quantitative estimate of drug-likeness (QED) is 0.185. The van der Waals surface area contributed by atoms with E-state index in [9.17, 15) is 9.59 Å². The predicted molar refractivity (Wildman–Crippen MR) is 160 cm³/mol. The molecule has 0 saturated heterocycles. The highest BCUT2D eigenvalue weighted by molar-refractivity contribution is 7.99. The highest BCUT2D eigenvalue weighted by Crippen LogP contribution is 2.34. The summed E-state index contributed by atoms with van der Waals surface area (Å²) in [5.41, 5.74) is 4.07. The van der Waals surface area contributed by atoms with Crippen molar-refractivity contribution in [3.05, 3.63) is 76.4 Å². The fourth-order valence-corrected chi connectivity index (χ4v) is 6.21. The van der Waals surface area contributed by atoms with E-state index in [1.807, 2.05) is 69.5 Å². The molecule has 212 valence electrons. The third-order valence-electron chi connectivity index (χ3n) is 6.41. The summed E-state index contributed by atoms with van der Waals surface area (Å²) in [5.74, 6) is 0.611. The standard InChI is InChI=1S/C30H31N5O4S2/c1-18(2)28(29(37)33-22-10-11-24-25(13-22)39-17-38-24)35(27(36)16-41-30-31-19(3)12-20(4)32-30)14-26-34-23(15-40-26)21-8-6-5-7-9-21/h5-13,15,18,28H,14,16-17H2,1-4H3,(H,33,37). The number of hydrogen-bond donors (Lipinski definition) is 1. The molecule has 1 aliphatic rings. The molecule has 2 aromatic carbocycles. The van der Waals surface area contributed by atoms with E-state index >= 15 is 0 Å². The van der Waals surface area contributed by atoms with Crippen LogP contribution in [0.5, 0.6) is 11.5 Å². The van der Waals surface area contributed by atoms with E-state index in [0.29, 0.717) is 22.3 Å². The number of aryl methyl sites for hydroxylation is 2. The summed E-state index contributed by atoms with van der Waals surface area (Å²) < 4.78 is 10.8. The van der Waals surface area contributed by atoms with Crippen molar-refractivity contribution in [1.29, 1.82) is 0 Å². The van der Waals surface area contributed by atoms with Gasteiger partial charge in [-0.05, 0) is 38.0 Å². The van der Waals surface area contributed by atoms with Crippen LogP contribution in [0.25, 0.3) is 11.3 Å². The second-order valence-electron chi connectivity index (χ2n) is 9.98. The first-order valence-electron chi connectivity index (χ1n) is 13.2. The number of anilines is 1. The fourth-order valence-electron chi connectivity index (χ4n) is 4.57. The Kier molecular flexibility index (Phi) is 8.84. The number of thiazole rings is 1. The first-order chi connectivity index (χ1) is 19.8. The smallest absolute Gasteiger partial charge is 0.247 e. The number of carbonyl (C=O) groups excluding carboxylic acids is 2. The maximum atomic E-state index is 13.8. The van der Waals surface area contributed by atoms with Gasteiger partial charge >= 0.3 is 0 Å². The monoisotopic (exact) mass is 589 g/mol. The molecule has 11 heteroatoms. The highest BCUT2D eigenvalue weighted by atomic mass is 32.2. The van der Waals surface area contributed by atoms with E-state index < -0.39 is 6.04 Å². The van der Waals surface area contributed by atoms with Gasteiger partial charge in [0.25, 0.3) is 0 Å². The van der Waals surface area contributed by atoms with Crippen LogP contribution in [0.2, 0.25) is 0 Å². The maximum absolute atomic E-state index is 13.8. The summed E-state index contributed by atoms with van der Waals surface area (Å²) in [6, 6.07) is 16.3. The molecule has 41 heavy (non-hydrogen) atoms. The van der Waals surface area contributed by atoms with Crippen LogP contribution in [-0.2, 0) is 16.1 Å². The van der Waals surface area contributed by atoms with Gasteiger partial charge in [0, 0.05) is 34.1 Å². The van der Waals surface area contributed by atoms with E-state index in [0.717, 1.165) is 27.7 Å². The predicted octanol–water partition coefficient (Wildman–Crippen LogP) is 5.73. The fraction of sp³-hybridized carbons (Fsp3) is 0.300. The minimum atomic E-state index is -0.752. The topological polar surface area (TPSA) is 107 Å². The first kappa shape index (κ1) is 28.6. The summed E-state index contributed by atoms with van der Waals surface area (Å²) in [7, 11) is 0. The van der Waals surface area contributed by atoms with Crippen LogP contribution < -0.4 is 14.8 Å². The number of amides is 2. The number of carbonyl (C=O) groups is 2. The molecule has 0 aliphatic carbocycles. The van der Waals surface area contributed by atoms with E-state index in [-0.39, 0.29) is 36.8 Å². The van der Waals surface area contributed by atoms with Crippen molar-refractivity contribution in [3.63, 3.8) is 0 Å². The van der Waals surface area contributed by atoms with Crippen LogP contribution >= 0.6 is 23.1 Å². The van der Waals surface area contributed by atoms with Crippen molar-refractivity contribution in [2.24, 2.45) is 5.92 Å². The van der Waals surface area contributed by atoms with Gasteiger partial charge in [0.15, 0.2) is 16.7 Å².